The van der Waals surface area contributed by atoms with E-state index in [4.69, 9.17) is 0 Å². The Bertz CT molecular complexity index is 633. The van der Waals surface area contributed by atoms with Gasteiger partial charge < -0.3 is 15.5 Å². The molecule has 6 heteroatoms. The van der Waals surface area contributed by atoms with E-state index in [9.17, 15) is 4.79 Å². The molecule has 0 saturated heterocycles. The summed E-state index contributed by atoms with van der Waals surface area (Å²) in [6.45, 7) is 10.8. The van der Waals surface area contributed by atoms with Gasteiger partial charge in [0.2, 0.25) is 0 Å². The van der Waals surface area contributed by atoms with Crippen molar-refractivity contribution >= 4 is 35.8 Å². The third-order valence-electron chi connectivity index (χ3n) is 5.99. The van der Waals surface area contributed by atoms with E-state index in [1.165, 1.54) is 25.7 Å². The fourth-order valence-electron chi connectivity index (χ4n) is 3.96. The fraction of sp³-hybridized carbons (Fsp3) is 0.652. The number of halogens is 1. The minimum absolute atomic E-state index is 0. The van der Waals surface area contributed by atoms with Crippen LogP contribution in [0.15, 0.2) is 29.3 Å². The lowest BCUT2D eigenvalue weighted by Crippen LogP contribution is -2.44. The zero-order chi connectivity index (χ0) is 20.5. The summed E-state index contributed by atoms with van der Waals surface area (Å²) in [7, 11) is 1.82. The maximum atomic E-state index is 12.4. The average molecular weight is 514 g/mol. The molecule has 0 radical (unpaired) electrons. The van der Waals surface area contributed by atoms with Crippen LogP contribution in [0.3, 0.4) is 0 Å². The summed E-state index contributed by atoms with van der Waals surface area (Å²) in [4.78, 5) is 18.6. The average Bonchev–Trinajstić information content (AvgIpc) is 2.72. The highest BCUT2D eigenvalue weighted by atomic mass is 127. The number of amides is 1. The molecule has 5 nitrogen and oxygen atoms in total. The van der Waals surface area contributed by atoms with Crippen LogP contribution in [-0.4, -0.2) is 42.9 Å². The third-order valence-corrected chi connectivity index (χ3v) is 5.99. The lowest BCUT2D eigenvalue weighted by Gasteiger charge is -2.32. The predicted molar refractivity (Wildman–Crippen MR) is 133 cm³/mol. The number of aliphatic imine (C=N–C) groups is 1. The van der Waals surface area contributed by atoms with Gasteiger partial charge in [-0.3, -0.25) is 9.79 Å². The molecular weight excluding hydrogens is 475 g/mol. The number of rotatable bonds is 7. The molecule has 0 aliphatic heterocycles. The standard InChI is InChI=1S/C23H38N4O.HI/c1-6-27(7-2)22(28)20-10-8-18(9-11-20)16-25-23(24-5)26-21-14-12-19(13-15-21)17(3)4;/h8-11,17,19,21H,6-7,12-16H2,1-5H3,(H2,24,25,26);1H. The highest BCUT2D eigenvalue weighted by molar-refractivity contribution is 14.0. The molecule has 0 unspecified atom stereocenters. The molecule has 1 aromatic carbocycles. The van der Waals surface area contributed by atoms with Crippen molar-refractivity contribution in [1.29, 1.82) is 0 Å². The molecule has 1 aromatic rings. The van der Waals surface area contributed by atoms with Crippen molar-refractivity contribution < 1.29 is 4.79 Å². The minimum Gasteiger partial charge on any atom is -0.354 e. The SMILES string of the molecule is CCN(CC)C(=O)c1ccc(CNC(=NC)NC2CCC(C(C)C)CC2)cc1.I. The number of hydrogen-bond acceptors (Lipinski definition) is 2. The quantitative estimate of drug-likeness (QED) is 0.316. The second-order valence-electron chi connectivity index (χ2n) is 8.10. The first-order valence-corrected chi connectivity index (χ1v) is 10.8. The van der Waals surface area contributed by atoms with Gasteiger partial charge in [-0.25, -0.2) is 0 Å². The molecule has 164 valence electrons. The highest BCUT2D eigenvalue weighted by Crippen LogP contribution is 2.29. The first kappa shape index (κ1) is 25.7. The van der Waals surface area contributed by atoms with Crippen molar-refractivity contribution in [2.24, 2.45) is 16.8 Å². The van der Waals surface area contributed by atoms with Crippen LogP contribution in [-0.2, 0) is 6.54 Å². The first-order chi connectivity index (χ1) is 13.5. The second kappa shape index (κ2) is 13.1. The van der Waals surface area contributed by atoms with E-state index < -0.39 is 0 Å². The fourth-order valence-corrected chi connectivity index (χ4v) is 3.96. The number of hydrogen-bond donors (Lipinski definition) is 2. The van der Waals surface area contributed by atoms with E-state index in [1.807, 2.05) is 50.1 Å². The van der Waals surface area contributed by atoms with Gasteiger partial charge in [-0.05, 0) is 69.1 Å². The Morgan fingerprint density at radius 3 is 2.17 bits per heavy atom. The van der Waals surface area contributed by atoms with Gasteiger partial charge in [-0.15, -0.1) is 24.0 Å². The Morgan fingerprint density at radius 2 is 1.69 bits per heavy atom. The Labute approximate surface area is 194 Å². The van der Waals surface area contributed by atoms with Gasteiger partial charge in [-0.1, -0.05) is 26.0 Å². The normalized spacial score (nSPS) is 19.4. The van der Waals surface area contributed by atoms with Gasteiger partial charge in [0.15, 0.2) is 5.96 Å². The van der Waals surface area contributed by atoms with Crippen molar-refractivity contribution in [3.63, 3.8) is 0 Å². The van der Waals surface area contributed by atoms with Gasteiger partial charge in [0, 0.05) is 38.3 Å². The summed E-state index contributed by atoms with van der Waals surface area (Å²) in [6.07, 6.45) is 5.03. The van der Waals surface area contributed by atoms with E-state index >= 15 is 0 Å². The molecule has 1 amide bonds. The largest absolute Gasteiger partial charge is 0.354 e. The number of nitrogens with zero attached hydrogens (tertiary/aromatic N) is 2. The van der Waals surface area contributed by atoms with Crippen LogP contribution in [0.5, 0.6) is 0 Å². The summed E-state index contributed by atoms with van der Waals surface area (Å²) in [5.74, 6) is 2.61. The van der Waals surface area contributed by atoms with Gasteiger partial charge >= 0.3 is 0 Å². The Kier molecular flexibility index (Phi) is 11.6. The molecule has 1 fully saturated rings. The van der Waals surface area contributed by atoms with E-state index in [1.54, 1.807) is 0 Å². The number of guanidine groups is 1. The molecule has 0 bridgehead atoms. The van der Waals surface area contributed by atoms with Crippen LogP contribution < -0.4 is 10.6 Å². The van der Waals surface area contributed by atoms with Gasteiger partial charge in [0.05, 0.1) is 0 Å². The summed E-state index contributed by atoms with van der Waals surface area (Å²) in [5, 5.41) is 6.98. The van der Waals surface area contributed by atoms with Crippen LogP contribution in [0.25, 0.3) is 0 Å². The van der Waals surface area contributed by atoms with Crippen LogP contribution in [0.4, 0.5) is 0 Å². The van der Waals surface area contributed by atoms with Crippen molar-refractivity contribution in [1.82, 2.24) is 15.5 Å². The molecule has 0 heterocycles. The molecule has 1 aliphatic carbocycles. The highest BCUT2D eigenvalue weighted by Gasteiger charge is 2.23. The minimum atomic E-state index is 0. The molecule has 29 heavy (non-hydrogen) atoms. The van der Waals surface area contributed by atoms with Crippen LogP contribution in [0.1, 0.15) is 69.3 Å². The van der Waals surface area contributed by atoms with Crippen molar-refractivity contribution in [2.75, 3.05) is 20.1 Å². The van der Waals surface area contributed by atoms with Crippen LogP contribution >= 0.6 is 24.0 Å². The zero-order valence-corrected chi connectivity index (χ0v) is 21.0. The molecule has 2 N–H and O–H groups in total. The van der Waals surface area contributed by atoms with Gasteiger partial charge in [0.1, 0.15) is 0 Å². The van der Waals surface area contributed by atoms with Crippen molar-refractivity contribution in [3.05, 3.63) is 35.4 Å². The molecule has 1 saturated carbocycles. The van der Waals surface area contributed by atoms with Crippen LogP contribution in [0.2, 0.25) is 0 Å². The van der Waals surface area contributed by atoms with Crippen molar-refractivity contribution in [2.45, 2.75) is 66.0 Å². The second-order valence-corrected chi connectivity index (χ2v) is 8.10. The third kappa shape index (κ3) is 7.79. The Hall–Kier alpha value is -1.31. The molecule has 2 rings (SSSR count). The monoisotopic (exact) mass is 514 g/mol. The smallest absolute Gasteiger partial charge is 0.253 e. The number of benzene rings is 1. The maximum absolute atomic E-state index is 12.4. The number of carbonyl (C=O) groups is 1. The van der Waals surface area contributed by atoms with Crippen LogP contribution in [0, 0.1) is 11.8 Å². The van der Waals surface area contributed by atoms with E-state index in [2.05, 4.69) is 29.5 Å². The molecule has 0 atom stereocenters. The molecular formula is C23H39IN4O. The Morgan fingerprint density at radius 1 is 1.10 bits per heavy atom. The van der Waals surface area contributed by atoms with Gasteiger partial charge in [0.25, 0.3) is 5.91 Å². The zero-order valence-electron chi connectivity index (χ0n) is 18.7. The predicted octanol–water partition coefficient (Wildman–Crippen LogP) is 4.67. The maximum Gasteiger partial charge on any atom is 0.253 e. The molecule has 1 aliphatic rings. The summed E-state index contributed by atoms with van der Waals surface area (Å²) in [6, 6.07) is 8.38. The van der Waals surface area contributed by atoms with Crippen molar-refractivity contribution in [3.8, 4) is 0 Å². The van der Waals surface area contributed by atoms with E-state index in [0.717, 1.165) is 42.0 Å². The Balaban J connectivity index is 0.00000420. The van der Waals surface area contributed by atoms with E-state index in [-0.39, 0.29) is 29.9 Å². The van der Waals surface area contributed by atoms with E-state index in [0.29, 0.717) is 12.6 Å². The topological polar surface area (TPSA) is 56.7 Å². The van der Waals surface area contributed by atoms with Gasteiger partial charge in [-0.2, -0.15) is 0 Å². The lowest BCUT2D eigenvalue weighted by molar-refractivity contribution is 0.0773. The lowest BCUT2D eigenvalue weighted by atomic mass is 9.80. The number of carbonyl (C=O) groups excluding carboxylic acids is 1. The first-order valence-electron chi connectivity index (χ1n) is 10.8. The summed E-state index contributed by atoms with van der Waals surface area (Å²) >= 11 is 0. The summed E-state index contributed by atoms with van der Waals surface area (Å²) in [5.41, 5.74) is 1.89. The molecule has 0 aromatic heterocycles. The molecule has 0 spiro atoms. The summed E-state index contributed by atoms with van der Waals surface area (Å²) < 4.78 is 0. The number of nitrogens with one attached hydrogen (secondary N) is 2.